The van der Waals surface area contributed by atoms with Crippen molar-refractivity contribution in [1.82, 2.24) is 0 Å². The molecule has 0 radical (unpaired) electrons. The van der Waals surface area contributed by atoms with Crippen molar-refractivity contribution in [3.63, 3.8) is 0 Å². The first-order chi connectivity index (χ1) is 7.74. The molecule has 1 atom stereocenters. The molecular formula is C14H20O2. The highest BCUT2D eigenvalue weighted by molar-refractivity contribution is 5.64. The Morgan fingerprint density at radius 3 is 2.81 bits per heavy atom. The van der Waals surface area contributed by atoms with Gasteiger partial charge in [0.1, 0.15) is 5.75 Å². The Labute approximate surface area is 97.3 Å². The van der Waals surface area contributed by atoms with Gasteiger partial charge in [0, 0.05) is 5.56 Å². The predicted molar refractivity (Wildman–Crippen MR) is 65.4 cm³/mol. The van der Waals surface area contributed by atoms with Gasteiger partial charge >= 0.3 is 0 Å². The number of phenols is 1. The highest BCUT2D eigenvalue weighted by Crippen LogP contribution is 2.54. The van der Waals surface area contributed by atoms with E-state index in [9.17, 15) is 5.11 Å². The second-order valence-corrected chi connectivity index (χ2v) is 4.68. The van der Waals surface area contributed by atoms with Gasteiger partial charge in [-0.25, -0.2) is 0 Å². The van der Waals surface area contributed by atoms with Gasteiger partial charge < -0.3 is 9.84 Å². The Morgan fingerprint density at radius 1 is 1.25 bits per heavy atom. The van der Waals surface area contributed by atoms with E-state index in [-0.39, 0.29) is 0 Å². The number of benzene rings is 1. The van der Waals surface area contributed by atoms with E-state index in [4.69, 9.17) is 4.74 Å². The third kappa shape index (κ3) is 2.31. The lowest BCUT2D eigenvalue weighted by molar-refractivity contribution is 0.456. The number of rotatable bonds is 6. The van der Waals surface area contributed by atoms with Crippen molar-refractivity contribution in [1.29, 1.82) is 0 Å². The Kier molecular flexibility index (Phi) is 3.37. The highest BCUT2D eigenvalue weighted by Gasteiger charge is 2.29. The smallest absolute Gasteiger partial charge is 0.177 e. The van der Waals surface area contributed by atoms with Crippen LogP contribution in [0.3, 0.4) is 0 Å². The van der Waals surface area contributed by atoms with Gasteiger partial charge in [-0.05, 0) is 24.5 Å². The minimum atomic E-state index is 0.388. The van der Waals surface area contributed by atoms with E-state index in [1.54, 1.807) is 6.07 Å². The lowest BCUT2D eigenvalue weighted by Gasteiger charge is -2.11. The molecule has 1 aliphatic rings. The molecule has 2 nitrogen and oxygen atoms in total. The molecule has 2 rings (SSSR count). The van der Waals surface area contributed by atoms with Gasteiger partial charge in [0.05, 0.1) is 0 Å². The maximum absolute atomic E-state index is 9.82. The molecule has 2 heteroatoms. The molecule has 1 unspecified atom stereocenters. The third-order valence-electron chi connectivity index (χ3n) is 3.29. The molecular weight excluding hydrogens is 200 g/mol. The molecule has 1 aromatic rings. The molecule has 0 fully saturated rings. The predicted octanol–water partition coefficient (Wildman–Crippen LogP) is 4.57. The average Bonchev–Trinajstić information content (AvgIpc) is 3.03. The minimum Gasteiger partial charge on any atom is -0.508 e. The summed E-state index contributed by atoms with van der Waals surface area (Å²) < 4.78 is 5.34. The number of aromatic hydroxyl groups is 1. The Bertz CT molecular complexity index is 367. The quantitative estimate of drug-likeness (QED) is 0.571. The molecule has 0 bridgehead atoms. The van der Waals surface area contributed by atoms with Crippen molar-refractivity contribution >= 4 is 0 Å². The van der Waals surface area contributed by atoms with Crippen LogP contribution in [-0.2, 0) is 0 Å². The van der Waals surface area contributed by atoms with Crippen LogP contribution < -0.4 is 4.74 Å². The van der Waals surface area contributed by atoms with Crippen LogP contribution in [0.4, 0.5) is 0 Å². The zero-order valence-electron chi connectivity index (χ0n) is 10.1. The van der Waals surface area contributed by atoms with Gasteiger partial charge in [-0.15, -0.1) is 0 Å². The molecule has 16 heavy (non-hydrogen) atoms. The molecule has 88 valence electrons. The van der Waals surface area contributed by atoms with Gasteiger partial charge in [0.15, 0.2) is 11.5 Å². The van der Waals surface area contributed by atoms with Crippen molar-refractivity contribution in [2.45, 2.75) is 51.9 Å². The van der Waals surface area contributed by atoms with E-state index in [0.717, 1.165) is 23.5 Å². The number of ether oxygens (including phenoxy) is 1. The summed E-state index contributed by atoms with van der Waals surface area (Å²) in [6, 6.07) is 3.57. The summed E-state index contributed by atoms with van der Waals surface area (Å²) in [5.41, 5.74) is 1.01. The zero-order valence-corrected chi connectivity index (χ0v) is 10.1. The molecule has 1 aromatic carbocycles. The summed E-state index contributed by atoms with van der Waals surface area (Å²) in [5, 5.41) is 9.82. The van der Waals surface area contributed by atoms with Crippen LogP contribution in [0.15, 0.2) is 12.1 Å². The fourth-order valence-electron chi connectivity index (χ4n) is 2.24. The molecule has 0 aliphatic carbocycles. The fraction of sp³-hybridized carbons (Fsp3) is 0.571. The third-order valence-corrected chi connectivity index (χ3v) is 3.29. The van der Waals surface area contributed by atoms with Gasteiger partial charge in [0.25, 0.3) is 0 Å². The first-order valence-electron chi connectivity index (χ1n) is 6.27. The van der Waals surface area contributed by atoms with Crippen LogP contribution >= 0.6 is 0 Å². The lowest BCUT2D eigenvalue weighted by Crippen LogP contribution is -1.93. The van der Waals surface area contributed by atoms with Gasteiger partial charge in [-0.3, -0.25) is 0 Å². The maximum atomic E-state index is 9.82. The summed E-state index contributed by atoms with van der Waals surface area (Å²) >= 11 is 0. The first kappa shape index (κ1) is 11.3. The second kappa shape index (κ2) is 4.77. The highest BCUT2D eigenvalue weighted by atomic mass is 16.6. The zero-order chi connectivity index (χ0) is 11.5. The SMILES string of the molecule is CCCCCCC(C)c1c(O)ccc2c1O2. The van der Waals surface area contributed by atoms with Crippen molar-refractivity contribution in [2.75, 3.05) is 0 Å². The fourth-order valence-corrected chi connectivity index (χ4v) is 2.24. The van der Waals surface area contributed by atoms with E-state index in [2.05, 4.69) is 13.8 Å². The summed E-state index contributed by atoms with van der Waals surface area (Å²) in [4.78, 5) is 0. The van der Waals surface area contributed by atoms with Crippen LogP contribution in [0, 0.1) is 0 Å². The van der Waals surface area contributed by atoms with Crippen LogP contribution in [0.1, 0.15) is 57.4 Å². The second-order valence-electron chi connectivity index (χ2n) is 4.68. The van der Waals surface area contributed by atoms with Crippen LogP contribution in [0.25, 0.3) is 0 Å². The largest absolute Gasteiger partial charge is 0.508 e. The standard InChI is InChI=1S/C14H20O2/c1-3-4-5-6-7-10(2)13-11(15)8-9-12-14(13)16-12/h8-10,15H,3-7H2,1-2H3. The number of hydrogen-bond acceptors (Lipinski definition) is 2. The monoisotopic (exact) mass is 220 g/mol. The number of hydrogen-bond donors (Lipinski definition) is 1. The molecule has 0 amide bonds. The Hall–Kier alpha value is -1.18. The summed E-state index contributed by atoms with van der Waals surface area (Å²) in [7, 11) is 0. The van der Waals surface area contributed by atoms with Crippen LogP contribution in [0.5, 0.6) is 17.2 Å². The maximum Gasteiger partial charge on any atom is 0.177 e. The molecule has 0 saturated heterocycles. The van der Waals surface area contributed by atoms with E-state index in [1.807, 2.05) is 6.07 Å². The number of fused-ring (bicyclic) bond motifs is 1. The lowest BCUT2D eigenvalue weighted by atomic mass is 9.94. The van der Waals surface area contributed by atoms with Crippen LogP contribution in [0.2, 0.25) is 0 Å². The Morgan fingerprint density at radius 2 is 2.06 bits per heavy atom. The summed E-state index contributed by atoms with van der Waals surface area (Å²) in [5.74, 6) is 2.64. The molecule has 1 heterocycles. The molecule has 0 spiro atoms. The van der Waals surface area contributed by atoms with E-state index < -0.39 is 0 Å². The molecule has 0 saturated carbocycles. The van der Waals surface area contributed by atoms with E-state index in [1.165, 1.54) is 25.7 Å². The van der Waals surface area contributed by atoms with Crippen molar-refractivity contribution in [2.24, 2.45) is 0 Å². The summed E-state index contributed by atoms with van der Waals surface area (Å²) in [6.45, 7) is 4.39. The normalized spacial score (nSPS) is 14.1. The average molecular weight is 220 g/mol. The number of unbranched alkanes of at least 4 members (excludes halogenated alkanes) is 3. The molecule has 1 N–H and O–H groups in total. The van der Waals surface area contributed by atoms with Gasteiger partial charge in [0.2, 0.25) is 0 Å². The topological polar surface area (TPSA) is 32.8 Å². The van der Waals surface area contributed by atoms with Crippen LogP contribution in [-0.4, -0.2) is 5.11 Å². The van der Waals surface area contributed by atoms with Gasteiger partial charge in [-0.1, -0.05) is 39.5 Å². The number of phenolic OH excluding ortho intramolecular Hbond substituents is 1. The van der Waals surface area contributed by atoms with E-state index in [0.29, 0.717) is 11.7 Å². The van der Waals surface area contributed by atoms with Crippen molar-refractivity contribution in [3.05, 3.63) is 17.7 Å². The van der Waals surface area contributed by atoms with E-state index >= 15 is 0 Å². The molecule has 1 aliphatic heterocycles. The minimum absolute atomic E-state index is 0.388. The Balaban J connectivity index is 1.92. The van der Waals surface area contributed by atoms with Crippen molar-refractivity contribution < 1.29 is 9.84 Å². The molecule has 0 aromatic heterocycles. The van der Waals surface area contributed by atoms with Crippen molar-refractivity contribution in [3.8, 4) is 17.2 Å². The van der Waals surface area contributed by atoms with Gasteiger partial charge in [-0.2, -0.15) is 0 Å². The summed E-state index contributed by atoms with van der Waals surface area (Å²) in [6.07, 6.45) is 6.23. The first-order valence-corrected chi connectivity index (χ1v) is 6.27.